The van der Waals surface area contributed by atoms with Gasteiger partial charge in [0.1, 0.15) is 11.4 Å². The van der Waals surface area contributed by atoms with Crippen LogP contribution in [0.25, 0.3) is 0 Å². The molecule has 7 heteroatoms. The number of likely N-dealkylation sites (tertiary alicyclic amines) is 1. The van der Waals surface area contributed by atoms with Crippen LogP contribution in [-0.2, 0) is 9.47 Å². The first-order valence-corrected chi connectivity index (χ1v) is 10.5. The molecule has 0 N–H and O–H groups in total. The minimum Gasteiger partial charge on any atom is -0.496 e. The van der Waals surface area contributed by atoms with E-state index < -0.39 is 5.60 Å². The second-order valence-electron chi connectivity index (χ2n) is 8.57. The van der Waals surface area contributed by atoms with Gasteiger partial charge in [-0.1, -0.05) is 30.9 Å². The van der Waals surface area contributed by atoms with Crippen molar-refractivity contribution in [3.8, 4) is 5.75 Å². The molecule has 1 aromatic carbocycles. The fourth-order valence-electron chi connectivity index (χ4n) is 3.45. The zero-order valence-corrected chi connectivity index (χ0v) is 18.5. The van der Waals surface area contributed by atoms with Crippen molar-refractivity contribution in [1.82, 2.24) is 4.90 Å². The molecule has 6 nitrogen and oxygen atoms in total. The van der Waals surface area contributed by atoms with Crippen LogP contribution in [-0.4, -0.2) is 56.5 Å². The van der Waals surface area contributed by atoms with Gasteiger partial charge in [-0.05, 0) is 57.6 Å². The fraction of sp³-hybridized carbons (Fsp3) is 0.636. The summed E-state index contributed by atoms with van der Waals surface area (Å²) in [5.41, 5.74) is 1.53. The molecule has 0 unspecified atom stereocenters. The zero-order chi connectivity index (χ0) is 21.4. The average Bonchev–Trinajstić information content (AvgIpc) is 2.67. The monoisotopic (exact) mass is 403 g/mol. The van der Waals surface area contributed by atoms with Crippen molar-refractivity contribution in [3.05, 3.63) is 23.8 Å². The minimum atomic E-state index is -0.481. The van der Waals surface area contributed by atoms with Crippen molar-refractivity contribution in [2.24, 2.45) is 0 Å². The first-order chi connectivity index (χ1) is 13.7. The molecule has 1 aliphatic heterocycles. The Kier molecular flexibility index (Phi) is 8.41. The van der Waals surface area contributed by atoms with E-state index >= 15 is 0 Å². The number of hydrogen-bond donors (Lipinski definition) is 0. The highest BCUT2D eigenvalue weighted by atomic mass is 16.6. The van der Waals surface area contributed by atoms with Crippen LogP contribution < -0.4 is 10.2 Å². The molecule has 1 amide bonds. The van der Waals surface area contributed by atoms with E-state index in [4.69, 9.17) is 14.2 Å². The van der Waals surface area contributed by atoms with Crippen molar-refractivity contribution >= 4 is 24.7 Å². The lowest BCUT2D eigenvalue weighted by Gasteiger charge is -2.34. The van der Waals surface area contributed by atoms with E-state index in [9.17, 15) is 9.59 Å². The van der Waals surface area contributed by atoms with Gasteiger partial charge in [0.05, 0.1) is 13.7 Å². The summed E-state index contributed by atoms with van der Waals surface area (Å²) in [6, 6.07) is 5.94. The van der Waals surface area contributed by atoms with E-state index in [-0.39, 0.29) is 19.2 Å². The normalized spacial score (nSPS) is 15.0. The molecule has 29 heavy (non-hydrogen) atoms. The lowest BCUT2D eigenvalue weighted by atomic mass is 9.70. The van der Waals surface area contributed by atoms with Gasteiger partial charge < -0.3 is 19.1 Å². The molecule has 1 aromatic rings. The molecule has 0 aromatic heterocycles. The van der Waals surface area contributed by atoms with Gasteiger partial charge in [0.2, 0.25) is 0 Å². The topological polar surface area (TPSA) is 65.1 Å². The summed E-state index contributed by atoms with van der Waals surface area (Å²) in [4.78, 5) is 26.0. The molecule has 160 valence electrons. The second-order valence-corrected chi connectivity index (χ2v) is 8.57. The summed E-state index contributed by atoms with van der Waals surface area (Å²) in [6.45, 7) is 9.50. The molecule has 0 atom stereocenters. The summed E-state index contributed by atoms with van der Waals surface area (Å²) in [7, 11) is 1.90. The minimum absolute atomic E-state index is 0.209. The van der Waals surface area contributed by atoms with Crippen molar-refractivity contribution in [2.75, 3.05) is 26.8 Å². The first-order valence-electron chi connectivity index (χ1n) is 10.5. The lowest BCUT2D eigenvalue weighted by Crippen LogP contribution is -2.41. The standard InChI is InChI=1S/C22H34BNO5/c1-6-7-14-28-20(25)23-17-8-9-18(19(15-17)27-5)16-10-12-24(13-11-16)21(26)29-22(2,3)4/h8-9,15-16,23H,6-7,10-14H2,1-5H3. The van der Waals surface area contributed by atoms with Crippen LogP contribution in [0.2, 0.25) is 0 Å². The average molecular weight is 403 g/mol. The van der Waals surface area contributed by atoms with Crippen molar-refractivity contribution in [1.29, 1.82) is 0 Å². The highest BCUT2D eigenvalue weighted by molar-refractivity contribution is 6.82. The molecule has 1 fully saturated rings. The molecular weight excluding hydrogens is 369 g/mol. The molecule has 0 saturated carbocycles. The molecular formula is C22H34BNO5. The number of unbranched alkanes of at least 4 members (excludes halogenated alkanes) is 1. The quantitative estimate of drug-likeness (QED) is 0.512. The molecule has 0 radical (unpaired) electrons. The van der Waals surface area contributed by atoms with Crippen LogP contribution in [0, 0.1) is 0 Å². The zero-order valence-electron chi connectivity index (χ0n) is 18.5. The van der Waals surface area contributed by atoms with E-state index in [2.05, 4.69) is 6.92 Å². The maximum atomic E-state index is 12.3. The molecule has 1 heterocycles. The number of carbonyl (C=O) groups excluding carboxylic acids is 2. The summed E-state index contributed by atoms with van der Waals surface area (Å²) in [5.74, 6) is 0.896. The summed E-state index contributed by atoms with van der Waals surface area (Å²) >= 11 is 0. The van der Waals surface area contributed by atoms with E-state index in [1.54, 1.807) is 12.0 Å². The van der Waals surface area contributed by atoms with E-state index in [1.165, 1.54) is 0 Å². The van der Waals surface area contributed by atoms with E-state index in [1.807, 2.05) is 39.0 Å². The van der Waals surface area contributed by atoms with Crippen LogP contribution in [0.1, 0.15) is 64.9 Å². The number of benzene rings is 1. The Balaban J connectivity index is 1.96. The smallest absolute Gasteiger partial charge is 0.410 e. The molecule has 1 aliphatic rings. The third-order valence-electron chi connectivity index (χ3n) is 4.99. The van der Waals surface area contributed by atoms with Gasteiger partial charge in [-0.25, -0.2) is 4.79 Å². The van der Waals surface area contributed by atoms with Gasteiger partial charge in [-0.15, -0.1) is 0 Å². The van der Waals surface area contributed by atoms with E-state index in [0.717, 1.165) is 42.5 Å². The van der Waals surface area contributed by atoms with Crippen LogP contribution in [0.5, 0.6) is 5.75 Å². The van der Waals surface area contributed by atoms with Gasteiger partial charge in [-0.2, -0.15) is 0 Å². The predicted molar refractivity (Wildman–Crippen MR) is 116 cm³/mol. The first kappa shape index (κ1) is 23.1. The van der Waals surface area contributed by atoms with Crippen LogP contribution in [0.15, 0.2) is 18.2 Å². The van der Waals surface area contributed by atoms with Crippen LogP contribution >= 0.6 is 0 Å². The molecule has 0 aliphatic carbocycles. The highest BCUT2D eigenvalue weighted by Gasteiger charge is 2.28. The van der Waals surface area contributed by atoms with Crippen LogP contribution in [0.3, 0.4) is 0 Å². The van der Waals surface area contributed by atoms with Gasteiger partial charge in [0, 0.05) is 13.1 Å². The third kappa shape index (κ3) is 7.30. The SMILES string of the molecule is CCCCOC(=O)Bc1ccc(C2CCN(C(=O)OC(C)(C)C)CC2)c(OC)c1. The Bertz CT molecular complexity index is 693. The molecule has 0 bridgehead atoms. The Morgan fingerprint density at radius 1 is 1.21 bits per heavy atom. The largest absolute Gasteiger partial charge is 0.496 e. The predicted octanol–water partition coefficient (Wildman–Crippen LogP) is 3.81. The second kappa shape index (κ2) is 10.6. The van der Waals surface area contributed by atoms with Gasteiger partial charge >= 0.3 is 6.09 Å². The van der Waals surface area contributed by atoms with Crippen molar-refractivity contribution < 1.29 is 23.8 Å². The van der Waals surface area contributed by atoms with Gasteiger partial charge in [0.15, 0.2) is 0 Å². The Morgan fingerprint density at radius 3 is 2.48 bits per heavy atom. The number of ether oxygens (including phenoxy) is 3. The maximum Gasteiger partial charge on any atom is 0.410 e. The van der Waals surface area contributed by atoms with E-state index in [0.29, 0.717) is 25.6 Å². The Hall–Kier alpha value is -2.18. The van der Waals surface area contributed by atoms with Crippen molar-refractivity contribution in [3.63, 3.8) is 0 Å². The number of hydrogen-bond acceptors (Lipinski definition) is 5. The number of methoxy groups -OCH3 is 1. The Labute approximate surface area is 175 Å². The summed E-state index contributed by atoms with van der Waals surface area (Å²) in [5, 5.41) is 0. The lowest BCUT2D eigenvalue weighted by molar-refractivity contribution is 0.0204. The van der Waals surface area contributed by atoms with Gasteiger partial charge in [0.25, 0.3) is 13.1 Å². The molecule has 1 saturated heterocycles. The number of nitrogens with zero attached hydrogens (tertiary/aromatic N) is 1. The fourth-order valence-corrected chi connectivity index (χ4v) is 3.45. The maximum absolute atomic E-state index is 12.3. The third-order valence-corrected chi connectivity index (χ3v) is 4.99. The molecule has 0 spiro atoms. The number of amides is 1. The Morgan fingerprint density at radius 2 is 1.90 bits per heavy atom. The number of carbonyl (C=O) groups is 2. The number of rotatable bonds is 7. The van der Waals surface area contributed by atoms with Crippen molar-refractivity contribution in [2.45, 2.75) is 64.9 Å². The van der Waals surface area contributed by atoms with Gasteiger partial charge in [-0.3, -0.25) is 4.79 Å². The number of piperidine rings is 1. The summed E-state index contributed by atoms with van der Waals surface area (Å²) in [6.07, 6.45) is 3.35. The van der Waals surface area contributed by atoms with Crippen LogP contribution in [0.4, 0.5) is 9.59 Å². The summed E-state index contributed by atoms with van der Waals surface area (Å²) < 4.78 is 16.3. The molecule has 2 rings (SSSR count). The highest BCUT2D eigenvalue weighted by Crippen LogP contribution is 2.34.